The second-order valence-corrected chi connectivity index (χ2v) is 8.76. The van der Waals surface area contributed by atoms with Gasteiger partial charge in [-0.3, -0.25) is 0 Å². The molecule has 2 amide bonds. The molecule has 3 rings (SSSR count). The van der Waals surface area contributed by atoms with Gasteiger partial charge in [-0.25, -0.2) is 14.4 Å². The highest BCUT2D eigenvalue weighted by Crippen LogP contribution is 2.12. The number of esters is 1. The summed E-state index contributed by atoms with van der Waals surface area (Å²) in [7, 11) is 1.26. The summed E-state index contributed by atoms with van der Waals surface area (Å²) in [5.41, 5.74) is 16.1. The van der Waals surface area contributed by atoms with Gasteiger partial charge in [-0.1, -0.05) is 72.2 Å². The monoisotopic (exact) mass is 640 g/mol. The maximum Gasteiger partial charge on any atom is 0.408 e. The molecule has 232 valence electrons. The van der Waals surface area contributed by atoms with Gasteiger partial charge in [0.1, 0.15) is 0 Å². The van der Waals surface area contributed by atoms with E-state index in [0.29, 0.717) is 30.8 Å². The summed E-state index contributed by atoms with van der Waals surface area (Å²) in [5.74, 6) is 10.5. The van der Waals surface area contributed by atoms with Crippen LogP contribution in [0.5, 0.6) is 0 Å². The van der Waals surface area contributed by atoms with Crippen molar-refractivity contribution in [2.45, 2.75) is 26.2 Å². The van der Waals surface area contributed by atoms with E-state index >= 15 is 0 Å². The fraction of sp³-hybridized carbons (Fsp3) is 0.219. The number of hydrogen-bond acceptors (Lipinski definition) is 8. The van der Waals surface area contributed by atoms with Gasteiger partial charge in [0.25, 0.3) is 0 Å². The lowest BCUT2D eigenvalue weighted by Crippen LogP contribution is -2.24. The van der Waals surface area contributed by atoms with Gasteiger partial charge in [0.15, 0.2) is 13.2 Å². The number of methoxy groups -OCH3 is 1. The molecule has 0 aliphatic heterocycles. The summed E-state index contributed by atoms with van der Waals surface area (Å²) in [6, 6.07) is 19.9. The molecule has 10 nitrogen and oxygen atoms in total. The third kappa shape index (κ3) is 12.7. The van der Waals surface area contributed by atoms with Gasteiger partial charge in [0.2, 0.25) is 0 Å². The predicted molar refractivity (Wildman–Crippen MR) is 171 cm³/mol. The minimum Gasteiger partial charge on any atom is -0.465 e. The standard InChI is InChI=1S/C32H32N4O6.2ClH/c1-40-30(37)29-18-23(10-4-14-41-31(38)35-21-26-8-2-6-24(16-26)19-33)12-13-28(29)11-5-15-42-32(39)36-22-27-9-3-7-25(17-27)20-34;;/h2-3,6-9,12-13,16-18H,14-15,19-22,33-34H2,1H3,(H,35,38)(H,36,39);2*1H. The second-order valence-electron chi connectivity index (χ2n) is 8.76. The summed E-state index contributed by atoms with van der Waals surface area (Å²) >= 11 is 0. The first kappa shape index (κ1) is 37.3. The Morgan fingerprint density at radius 2 is 1.20 bits per heavy atom. The van der Waals surface area contributed by atoms with Crippen molar-refractivity contribution in [1.29, 1.82) is 0 Å². The number of halogens is 2. The van der Waals surface area contributed by atoms with Crippen LogP contribution in [0.25, 0.3) is 0 Å². The Morgan fingerprint density at radius 1 is 0.705 bits per heavy atom. The number of carbonyl (C=O) groups excluding carboxylic acids is 3. The number of nitrogens with one attached hydrogen (secondary N) is 2. The maximum absolute atomic E-state index is 12.3. The first-order valence-corrected chi connectivity index (χ1v) is 13.0. The van der Waals surface area contributed by atoms with Crippen molar-refractivity contribution in [3.63, 3.8) is 0 Å². The fourth-order valence-corrected chi connectivity index (χ4v) is 3.67. The van der Waals surface area contributed by atoms with Crippen LogP contribution in [0.2, 0.25) is 0 Å². The van der Waals surface area contributed by atoms with Crippen molar-refractivity contribution >= 4 is 43.0 Å². The Kier molecular flexibility index (Phi) is 17.2. The Hall–Kier alpha value is -4.71. The van der Waals surface area contributed by atoms with E-state index < -0.39 is 18.2 Å². The van der Waals surface area contributed by atoms with E-state index in [-0.39, 0.29) is 50.1 Å². The lowest BCUT2D eigenvalue weighted by molar-refractivity contribution is 0.0600. The Bertz CT molecular complexity index is 1540. The number of rotatable bonds is 9. The molecule has 12 heteroatoms. The molecule has 0 spiro atoms. The molecule has 0 fully saturated rings. The van der Waals surface area contributed by atoms with Crippen LogP contribution in [0.1, 0.15) is 43.7 Å². The molecule has 0 unspecified atom stereocenters. The van der Waals surface area contributed by atoms with E-state index in [0.717, 1.165) is 22.3 Å². The van der Waals surface area contributed by atoms with E-state index in [1.54, 1.807) is 12.1 Å². The van der Waals surface area contributed by atoms with Gasteiger partial charge in [-0.15, -0.1) is 24.8 Å². The summed E-state index contributed by atoms with van der Waals surface area (Å²) in [4.78, 5) is 36.3. The lowest BCUT2D eigenvalue weighted by Gasteiger charge is -2.06. The summed E-state index contributed by atoms with van der Waals surface area (Å²) in [6.07, 6.45) is -1.24. The normalized spacial score (nSPS) is 9.34. The van der Waals surface area contributed by atoms with Gasteiger partial charge in [0, 0.05) is 37.3 Å². The third-order valence-electron chi connectivity index (χ3n) is 5.76. The van der Waals surface area contributed by atoms with Crippen LogP contribution in [-0.2, 0) is 40.4 Å². The number of amides is 2. The van der Waals surface area contributed by atoms with Crippen LogP contribution < -0.4 is 22.1 Å². The molecule has 3 aromatic rings. The zero-order valence-electron chi connectivity index (χ0n) is 24.0. The van der Waals surface area contributed by atoms with Crippen molar-refractivity contribution in [2.24, 2.45) is 11.5 Å². The van der Waals surface area contributed by atoms with Crippen molar-refractivity contribution in [3.05, 3.63) is 106 Å². The molecule has 3 aromatic carbocycles. The number of ether oxygens (including phenoxy) is 3. The highest BCUT2D eigenvalue weighted by Gasteiger charge is 2.11. The van der Waals surface area contributed by atoms with Crippen molar-refractivity contribution in [3.8, 4) is 23.7 Å². The fourth-order valence-electron chi connectivity index (χ4n) is 3.67. The smallest absolute Gasteiger partial charge is 0.408 e. The zero-order chi connectivity index (χ0) is 30.2. The molecule has 0 saturated heterocycles. The number of hydrogen-bond donors (Lipinski definition) is 4. The van der Waals surface area contributed by atoms with Crippen molar-refractivity contribution in [1.82, 2.24) is 10.6 Å². The van der Waals surface area contributed by atoms with Crippen LogP contribution in [0.3, 0.4) is 0 Å². The van der Waals surface area contributed by atoms with E-state index in [1.165, 1.54) is 13.2 Å². The largest absolute Gasteiger partial charge is 0.465 e. The molecule has 0 saturated carbocycles. The maximum atomic E-state index is 12.3. The third-order valence-corrected chi connectivity index (χ3v) is 5.76. The Balaban J connectivity index is 0.00000484. The van der Waals surface area contributed by atoms with E-state index in [1.807, 2.05) is 48.5 Å². The average Bonchev–Trinajstić information content (AvgIpc) is 3.03. The van der Waals surface area contributed by atoms with E-state index in [9.17, 15) is 14.4 Å². The molecule has 0 atom stereocenters. The quantitative estimate of drug-likeness (QED) is 0.156. The molecular formula is C32H34Cl2N4O6. The van der Waals surface area contributed by atoms with Gasteiger partial charge in [-0.05, 0) is 40.5 Å². The summed E-state index contributed by atoms with van der Waals surface area (Å²) in [5, 5.41) is 5.30. The number of nitrogens with two attached hydrogens (primary N) is 2. The Labute approximate surface area is 269 Å². The van der Waals surface area contributed by atoms with Crippen molar-refractivity contribution < 1.29 is 28.6 Å². The van der Waals surface area contributed by atoms with Gasteiger partial charge in [0.05, 0.1) is 12.7 Å². The lowest BCUT2D eigenvalue weighted by atomic mass is 10.0. The topological polar surface area (TPSA) is 155 Å². The minimum atomic E-state index is -0.627. The Morgan fingerprint density at radius 3 is 1.70 bits per heavy atom. The SMILES string of the molecule is COC(=O)c1cc(C#CCOC(=O)NCc2cccc(CN)c2)ccc1C#CCOC(=O)NCc1cccc(CN)c1.Cl.Cl. The first-order valence-electron chi connectivity index (χ1n) is 13.0. The minimum absolute atomic E-state index is 0. The van der Waals surface area contributed by atoms with Crippen LogP contribution in [0.4, 0.5) is 9.59 Å². The van der Waals surface area contributed by atoms with Crippen molar-refractivity contribution in [2.75, 3.05) is 20.3 Å². The molecule has 0 aromatic heterocycles. The number of alkyl carbamates (subject to hydrolysis) is 2. The molecule has 0 heterocycles. The van der Waals surface area contributed by atoms with Crippen LogP contribution in [0, 0.1) is 23.7 Å². The van der Waals surface area contributed by atoms with Gasteiger partial charge in [-0.2, -0.15) is 0 Å². The molecular weight excluding hydrogens is 607 g/mol. The zero-order valence-corrected chi connectivity index (χ0v) is 25.6. The summed E-state index contributed by atoms with van der Waals surface area (Å²) < 4.78 is 15.0. The average molecular weight is 642 g/mol. The van der Waals surface area contributed by atoms with Crippen LogP contribution in [0.15, 0.2) is 66.7 Å². The molecule has 44 heavy (non-hydrogen) atoms. The highest BCUT2D eigenvalue weighted by molar-refractivity contribution is 5.92. The molecule has 0 aliphatic rings. The van der Waals surface area contributed by atoms with E-state index in [4.69, 9.17) is 25.7 Å². The molecule has 0 bridgehead atoms. The van der Waals surface area contributed by atoms with Gasteiger partial charge < -0.3 is 36.3 Å². The first-order chi connectivity index (χ1) is 20.4. The van der Waals surface area contributed by atoms with E-state index in [2.05, 4.69) is 34.3 Å². The predicted octanol–water partition coefficient (Wildman–Crippen LogP) is 3.79. The molecule has 0 radical (unpaired) electrons. The number of carbonyl (C=O) groups is 3. The number of benzene rings is 3. The van der Waals surface area contributed by atoms with Crippen LogP contribution >= 0.6 is 24.8 Å². The highest BCUT2D eigenvalue weighted by atomic mass is 35.5. The van der Waals surface area contributed by atoms with Crippen LogP contribution in [-0.4, -0.2) is 38.5 Å². The second kappa shape index (κ2) is 20.2. The summed E-state index contributed by atoms with van der Waals surface area (Å²) in [6.45, 7) is 1.07. The van der Waals surface area contributed by atoms with Gasteiger partial charge >= 0.3 is 18.2 Å². The molecule has 6 N–H and O–H groups in total. The molecule has 0 aliphatic carbocycles.